The van der Waals surface area contributed by atoms with Crippen LogP contribution in [-0.2, 0) is 4.79 Å². The van der Waals surface area contributed by atoms with Crippen molar-refractivity contribution in [1.29, 1.82) is 0 Å². The number of hydrazine groups is 1. The quantitative estimate of drug-likeness (QED) is 0.868. The molecule has 1 fully saturated rings. The van der Waals surface area contributed by atoms with Gasteiger partial charge in [-0.2, -0.15) is 0 Å². The predicted octanol–water partition coefficient (Wildman–Crippen LogP) is 2.17. The molecule has 1 aliphatic heterocycles. The molecular formula is C11H13Cl2N3O. The molecule has 1 saturated heterocycles. The zero-order valence-electron chi connectivity index (χ0n) is 9.34. The van der Waals surface area contributed by atoms with Gasteiger partial charge >= 0.3 is 0 Å². The van der Waals surface area contributed by atoms with E-state index in [0.717, 1.165) is 18.7 Å². The van der Waals surface area contributed by atoms with Crippen molar-refractivity contribution in [3.63, 3.8) is 0 Å². The summed E-state index contributed by atoms with van der Waals surface area (Å²) in [6, 6.07) is 5.44. The van der Waals surface area contributed by atoms with Crippen molar-refractivity contribution in [3.05, 3.63) is 28.2 Å². The molecule has 1 amide bonds. The minimum absolute atomic E-state index is 0.0260. The minimum atomic E-state index is -0.0431. The molecule has 1 aromatic carbocycles. The summed E-state index contributed by atoms with van der Waals surface area (Å²) >= 11 is 11.8. The zero-order chi connectivity index (χ0) is 12.4. The van der Waals surface area contributed by atoms with E-state index < -0.39 is 0 Å². The lowest BCUT2D eigenvalue weighted by Crippen LogP contribution is -2.45. The number of carbonyl (C=O) groups is 1. The number of nitrogens with zero attached hydrogens (tertiary/aromatic N) is 1. The van der Waals surface area contributed by atoms with E-state index in [1.165, 1.54) is 6.92 Å². The molecule has 0 bridgehead atoms. The SMILES string of the molecule is CC(=O)N[C@H]1CCN(c2ccc(Cl)c(Cl)c2)N1. The average Bonchev–Trinajstić information content (AvgIpc) is 2.69. The largest absolute Gasteiger partial charge is 0.339 e. The maximum Gasteiger partial charge on any atom is 0.218 e. The maximum atomic E-state index is 10.9. The molecule has 0 aromatic heterocycles. The second-order valence-electron chi connectivity index (χ2n) is 3.92. The predicted molar refractivity (Wildman–Crippen MR) is 69.2 cm³/mol. The highest BCUT2D eigenvalue weighted by molar-refractivity contribution is 6.42. The number of anilines is 1. The fraction of sp³-hybridized carbons (Fsp3) is 0.364. The number of carbonyl (C=O) groups excluding carboxylic acids is 1. The van der Waals surface area contributed by atoms with Gasteiger partial charge in [-0.25, -0.2) is 5.43 Å². The third-order valence-electron chi connectivity index (χ3n) is 2.55. The van der Waals surface area contributed by atoms with Gasteiger partial charge in [-0.3, -0.25) is 4.79 Å². The lowest BCUT2D eigenvalue weighted by atomic mass is 10.3. The van der Waals surface area contributed by atoms with Crippen molar-refractivity contribution in [1.82, 2.24) is 10.7 Å². The second kappa shape index (κ2) is 5.12. The van der Waals surface area contributed by atoms with Crippen LogP contribution in [0.5, 0.6) is 0 Å². The van der Waals surface area contributed by atoms with Crippen LogP contribution in [-0.4, -0.2) is 18.6 Å². The molecule has 0 saturated carbocycles. The number of halogens is 2. The molecule has 0 aliphatic carbocycles. The van der Waals surface area contributed by atoms with Gasteiger partial charge in [-0.15, -0.1) is 0 Å². The number of hydrogen-bond donors (Lipinski definition) is 2. The number of nitrogens with one attached hydrogen (secondary N) is 2. The Morgan fingerprint density at radius 3 is 2.88 bits per heavy atom. The summed E-state index contributed by atoms with van der Waals surface area (Å²) in [5.41, 5.74) is 4.12. The maximum absolute atomic E-state index is 10.9. The van der Waals surface area contributed by atoms with Crippen LogP contribution in [0, 0.1) is 0 Å². The summed E-state index contributed by atoms with van der Waals surface area (Å²) in [4.78, 5) is 10.9. The van der Waals surface area contributed by atoms with E-state index in [1.54, 1.807) is 12.1 Å². The molecule has 6 heteroatoms. The molecule has 0 radical (unpaired) electrons. The zero-order valence-corrected chi connectivity index (χ0v) is 10.8. The molecule has 2 N–H and O–H groups in total. The molecule has 0 spiro atoms. The number of rotatable bonds is 2. The van der Waals surface area contributed by atoms with Crippen LogP contribution in [0.25, 0.3) is 0 Å². The highest BCUT2D eigenvalue weighted by Crippen LogP contribution is 2.27. The number of amides is 1. The van der Waals surface area contributed by atoms with Crippen LogP contribution < -0.4 is 15.8 Å². The Labute approximate surface area is 110 Å². The summed E-state index contributed by atoms with van der Waals surface area (Å²) in [6.07, 6.45) is 0.821. The fourth-order valence-corrected chi connectivity index (χ4v) is 2.07. The van der Waals surface area contributed by atoms with Gasteiger partial charge in [0.2, 0.25) is 5.91 Å². The molecule has 2 rings (SSSR count). The van der Waals surface area contributed by atoms with Crippen molar-refractivity contribution in [3.8, 4) is 0 Å². The first-order chi connectivity index (χ1) is 8.06. The van der Waals surface area contributed by atoms with Gasteiger partial charge in [0.05, 0.1) is 21.9 Å². The summed E-state index contributed by atoms with van der Waals surface area (Å²) < 4.78 is 0. The Kier molecular flexibility index (Phi) is 3.76. The molecule has 1 heterocycles. The van der Waals surface area contributed by atoms with Crippen LogP contribution in [0.15, 0.2) is 18.2 Å². The molecule has 4 nitrogen and oxygen atoms in total. The van der Waals surface area contributed by atoms with E-state index >= 15 is 0 Å². The van der Waals surface area contributed by atoms with Crippen LogP contribution in [0.3, 0.4) is 0 Å². The van der Waals surface area contributed by atoms with Gasteiger partial charge in [0, 0.05) is 19.9 Å². The van der Waals surface area contributed by atoms with E-state index in [4.69, 9.17) is 23.2 Å². The number of hydrogen-bond acceptors (Lipinski definition) is 3. The molecular weight excluding hydrogens is 261 g/mol. The van der Waals surface area contributed by atoms with Gasteiger partial charge in [0.25, 0.3) is 0 Å². The fourth-order valence-electron chi connectivity index (χ4n) is 1.78. The molecule has 1 aliphatic rings. The van der Waals surface area contributed by atoms with Gasteiger partial charge in [0.1, 0.15) is 0 Å². The second-order valence-corrected chi connectivity index (χ2v) is 4.74. The van der Waals surface area contributed by atoms with Gasteiger partial charge in [0.15, 0.2) is 0 Å². The molecule has 0 unspecified atom stereocenters. The van der Waals surface area contributed by atoms with Crippen LogP contribution in [0.1, 0.15) is 13.3 Å². The standard InChI is InChI=1S/C11H13Cl2N3O/c1-7(17)14-11-4-5-16(15-11)8-2-3-9(12)10(13)6-8/h2-3,6,11,15H,4-5H2,1H3,(H,14,17)/t11-/m1/s1. The van der Waals surface area contributed by atoms with E-state index in [0.29, 0.717) is 10.0 Å². The van der Waals surface area contributed by atoms with E-state index in [9.17, 15) is 4.79 Å². The van der Waals surface area contributed by atoms with Crippen molar-refractivity contribution in [2.45, 2.75) is 19.5 Å². The van der Waals surface area contributed by atoms with Gasteiger partial charge < -0.3 is 10.3 Å². The van der Waals surface area contributed by atoms with E-state index in [-0.39, 0.29) is 12.1 Å². The third-order valence-corrected chi connectivity index (χ3v) is 3.28. The highest BCUT2D eigenvalue weighted by atomic mass is 35.5. The summed E-state index contributed by atoms with van der Waals surface area (Å²) in [6.45, 7) is 2.31. The Bertz CT molecular complexity index is 439. The average molecular weight is 274 g/mol. The first-order valence-electron chi connectivity index (χ1n) is 5.32. The Hall–Kier alpha value is -0.970. The number of benzene rings is 1. The normalized spacial score (nSPS) is 19.5. The van der Waals surface area contributed by atoms with Crippen LogP contribution >= 0.6 is 23.2 Å². The van der Waals surface area contributed by atoms with Crippen LogP contribution in [0.4, 0.5) is 5.69 Å². The van der Waals surface area contributed by atoms with E-state index in [2.05, 4.69) is 10.7 Å². The topological polar surface area (TPSA) is 44.4 Å². The summed E-state index contributed by atoms with van der Waals surface area (Å²) in [5, 5.41) is 5.82. The molecule has 1 aromatic rings. The lowest BCUT2D eigenvalue weighted by molar-refractivity contribution is -0.119. The van der Waals surface area contributed by atoms with Gasteiger partial charge in [-0.1, -0.05) is 23.2 Å². The molecule has 1 atom stereocenters. The molecule has 92 valence electrons. The third kappa shape index (κ3) is 3.03. The first-order valence-corrected chi connectivity index (χ1v) is 6.08. The first kappa shape index (κ1) is 12.5. The monoisotopic (exact) mass is 273 g/mol. The Balaban J connectivity index is 2.04. The van der Waals surface area contributed by atoms with Crippen molar-refractivity contribution in [2.75, 3.05) is 11.6 Å². The summed E-state index contributed by atoms with van der Waals surface area (Å²) in [7, 11) is 0. The van der Waals surface area contributed by atoms with Crippen LogP contribution in [0.2, 0.25) is 10.0 Å². The van der Waals surface area contributed by atoms with Crippen molar-refractivity contribution in [2.24, 2.45) is 0 Å². The Morgan fingerprint density at radius 2 is 2.24 bits per heavy atom. The smallest absolute Gasteiger partial charge is 0.218 e. The Morgan fingerprint density at radius 1 is 1.47 bits per heavy atom. The summed E-state index contributed by atoms with van der Waals surface area (Å²) in [5.74, 6) is -0.0431. The van der Waals surface area contributed by atoms with Crippen molar-refractivity contribution >= 4 is 34.8 Å². The van der Waals surface area contributed by atoms with Gasteiger partial charge in [-0.05, 0) is 18.2 Å². The van der Waals surface area contributed by atoms with E-state index in [1.807, 2.05) is 11.1 Å². The molecule has 17 heavy (non-hydrogen) atoms. The minimum Gasteiger partial charge on any atom is -0.339 e. The van der Waals surface area contributed by atoms with Crippen molar-refractivity contribution < 1.29 is 4.79 Å². The highest BCUT2D eigenvalue weighted by Gasteiger charge is 2.22. The lowest BCUT2D eigenvalue weighted by Gasteiger charge is -2.20.